The normalized spacial score (nSPS) is 20.6. The summed E-state index contributed by atoms with van der Waals surface area (Å²) in [6, 6.07) is 7.89. The van der Waals surface area contributed by atoms with E-state index >= 15 is 0 Å². The number of carboxylic acid groups (broad SMARTS) is 1. The fourth-order valence-electron chi connectivity index (χ4n) is 4.59. The summed E-state index contributed by atoms with van der Waals surface area (Å²) in [5, 5.41) is 13.7. The Morgan fingerprint density at radius 3 is 2.83 bits per heavy atom. The molecule has 1 aromatic carbocycles. The lowest BCUT2D eigenvalue weighted by Crippen LogP contribution is -2.40. The SMILES string of the molecule is Cc1cccc(-c2noc(CCCC(=O)N3CC(C(=O)O)C4(CCOCC4)C3)n2)c1. The smallest absolute Gasteiger partial charge is 0.308 e. The number of rotatable bonds is 6. The van der Waals surface area contributed by atoms with Crippen LogP contribution in [-0.2, 0) is 20.7 Å². The highest BCUT2D eigenvalue weighted by Gasteiger charge is 2.51. The van der Waals surface area contributed by atoms with Gasteiger partial charge in [0.2, 0.25) is 17.6 Å². The molecule has 3 heterocycles. The van der Waals surface area contributed by atoms with Crippen LogP contribution < -0.4 is 0 Å². The van der Waals surface area contributed by atoms with Crippen LogP contribution in [0.1, 0.15) is 37.1 Å². The van der Waals surface area contributed by atoms with Gasteiger partial charge in [-0.15, -0.1) is 0 Å². The highest BCUT2D eigenvalue weighted by Crippen LogP contribution is 2.44. The molecule has 2 aromatic rings. The van der Waals surface area contributed by atoms with Gasteiger partial charge in [-0.3, -0.25) is 9.59 Å². The second kappa shape index (κ2) is 8.55. The van der Waals surface area contributed by atoms with Crippen LogP contribution in [0.5, 0.6) is 0 Å². The molecule has 30 heavy (non-hydrogen) atoms. The zero-order valence-corrected chi connectivity index (χ0v) is 17.2. The van der Waals surface area contributed by atoms with Crippen molar-refractivity contribution in [2.45, 2.75) is 39.0 Å². The van der Waals surface area contributed by atoms with Gasteiger partial charge in [0.05, 0.1) is 5.92 Å². The average Bonchev–Trinajstić information content (AvgIpc) is 3.34. The maximum Gasteiger partial charge on any atom is 0.308 e. The third-order valence-electron chi connectivity index (χ3n) is 6.31. The van der Waals surface area contributed by atoms with Crippen molar-refractivity contribution in [1.29, 1.82) is 0 Å². The maximum atomic E-state index is 12.7. The summed E-state index contributed by atoms with van der Waals surface area (Å²) >= 11 is 0. The van der Waals surface area contributed by atoms with Gasteiger partial charge in [0, 0.05) is 50.1 Å². The van der Waals surface area contributed by atoms with Gasteiger partial charge in [-0.25, -0.2) is 0 Å². The number of ether oxygens (including phenoxy) is 1. The van der Waals surface area contributed by atoms with E-state index < -0.39 is 11.9 Å². The van der Waals surface area contributed by atoms with E-state index in [1.165, 1.54) is 0 Å². The number of benzene rings is 1. The Bertz CT molecular complexity index is 919. The molecule has 2 aliphatic rings. The number of aromatic nitrogens is 2. The highest BCUT2D eigenvalue weighted by atomic mass is 16.5. The molecule has 8 nitrogen and oxygen atoms in total. The van der Waals surface area contributed by atoms with Crippen LogP contribution in [0.2, 0.25) is 0 Å². The lowest BCUT2D eigenvalue weighted by Gasteiger charge is -2.36. The van der Waals surface area contributed by atoms with Gasteiger partial charge < -0.3 is 19.3 Å². The molecule has 160 valence electrons. The molecule has 1 N–H and O–H groups in total. The van der Waals surface area contributed by atoms with Crippen LogP contribution in [-0.4, -0.2) is 58.3 Å². The second-order valence-corrected chi connectivity index (χ2v) is 8.37. The number of carboxylic acids is 1. The summed E-state index contributed by atoms with van der Waals surface area (Å²) in [4.78, 5) is 30.6. The number of amides is 1. The number of hydrogen-bond acceptors (Lipinski definition) is 6. The van der Waals surface area contributed by atoms with Crippen LogP contribution in [0.25, 0.3) is 11.4 Å². The van der Waals surface area contributed by atoms with E-state index in [0.29, 0.717) is 63.6 Å². The molecule has 1 amide bonds. The number of likely N-dealkylation sites (tertiary alicyclic amines) is 1. The van der Waals surface area contributed by atoms with Crippen LogP contribution in [0, 0.1) is 18.3 Å². The van der Waals surface area contributed by atoms with Gasteiger partial charge in [-0.1, -0.05) is 28.9 Å². The van der Waals surface area contributed by atoms with Gasteiger partial charge in [0.15, 0.2) is 0 Å². The summed E-state index contributed by atoms with van der Waals surface area (Å²) in [7, 11) is 0. The molecule has 8 heteroatoms. The molecule has 1 atom stereocenters. The molecule has 0 bridgehead atoms. The minimum absolute atomic E-state index is 0.0111. The summed E-state index contributed by atoms with van der Waals surface area (Å²) in [5.74, 6) is -0.293. The zero-order chi connectivity index (χ0) is 21.1. The molecule has 2 aliphatic heterocycles. The Morgan fingerprint density at radius 2 is 2.10 bits per heavy atom. The van der Waals surface area contributed by atoms with Gasteiger partial charge in [-0.2, -0.15) is 4.98 Å². The van der Waals surface area contributed by atoms with E-state index in [9.17, 15) is 14.7 Å². The summed E-state index contributed by atoms with van der Waals surface area (Å²) in [6.45, 7) is 3.92. The Hall–Kier alpha value is -2.74. The third-order valence-corrected chi connectivity index (χ3v) is 6.31. The summed E-state index contributed by atoms with van der Waals surface area (Å²) in [6.07, 6.45) is 2.81. The number of aliphatic carboxylic acids is 1. The van der Waals surface area contributed by atoms with E-state index in [2.05, 4.69) is 10.1 Å². The molecule has 2 fully saturated rings. The molecule has 1 unspecified atom stereocenters. The monoisotopic (exact) mass is 413 g/mol. The van der Waals surface area contributed by atoms with Gasteiger partial charge >= 0.3 is 5.97 Å². The molecule has 0 saturated carbocycles. The maximum absolute atomic E-state index is 12.7. The number of carbonyl (C=O) groups is 2. The fourth-order valence-corrected chi connectivity index (χ4v) is 4.59. The van der Waals surface area contributed by atoms with Crippen LogP contribution >= 0.6 is 0 Å². The third kappa shape index (κ3) is 4.23. The zero-order valence-electron chi connectivity index (χ0n) is 17.2. The van der Waals surface area contributed by atoms with Crippen molar-refractivity contribution in [2.75, 3.05) is 26.3 Å². The molecule has 0 radical (unpaired) electrons. The lowest BCUT2D eigenvalue weighted by molar-refractivity contribution is -0.146. The van der Waals surface area contributed by atoms with E-state index in [0.717, 1.165) is 11.1 Å². The largest absolute Gasteiger partial charge is 0.481 e. The molecular formula is C22H27N3O5. The van der Waals surface area contributed by atoms with Gasteiger partial charge in [0.1, 0.15) is 0 Å². The number of carbonyl (C=O) groups excluding carboxylic acids is 1. The van der Waals surface area contributed by atoms with Crippen molar-refractivity contribution in [3.63, 3.8) is 0 Å². The van der Waals surface area contributed by atoms with Gasteiger partial charge in [-0.05, 0) is 32.3 Å². The van der Waals surface area contributed by atoms with E-state index in [1.54, 1.807) is 4.90 Å². The first-order chi connectivity index (χ1) is 14.5. The minimum Gasteiger partial charge on any atom is -0.481 e. The Kier molecular flexibility index (Phi) is 5.85. The van der Waals surface area contributed by atoms with E-state index in [1.807, 2.05) is 31.2 Å². The van der Waals surface area contributed by atoms with Gasteiger partial charge in [0.25, 0.3) is 0 Å². The Labute approximate surface area is 175 Å². The summed E-state index contributed by atoms with van der Waals surface area (Å²) < 4.78 is 10.7. The molecule has 0 aliphatic carbocycles. The number of aryl methyl sites for hydroxylation is 2. The van der Waals surface area contributed by atoms with Crippen molar-refractivity contribution in [1.82, 2.24) is 15.0 Å². The Balaban J connectivity index is 1.32. The van der Waals surface area contributed by atoms with Crippen molar-refractivity contribution >= 4 is 11.9 Å². The molecule has 2 saturated heterocycles. The van der Waals surface area contributed by atoms with E-state index in [4.69, 9.17) is 9.26 Å². The quantitative estimate of drug-likeness (QED) is 0.776. The topological polar surface area (TPSA) is 106 Å². The van der Waals surface area contributed by atoms with Crippen LogP contribution in [0.3, 0.4) is 0 Å². The van der Waals surface area contributed by atoms with Crippen molar-refractivity contribution < 1.29 is 24.0 Å². The second-order valence-electron chi connectivity index (χ2n) is 8.37. The lowest BCUT2D eigenvalue weighted by atomic mass is 9.72. The standard InChI is InChI=1S/C22H27N3O5/c1-15-4-2-5-16(12-15)20-23-18(30-24-20)6-3-7-19(26)25-13-17(21(27)28)22(14-25)8-10-29-11-9-22/h2,4-5,12,17H,3,6-11,13-14H2,1H3,(H,27,28). The van der Waals surface area contributed by atoms with Crippen LogP contribution in [0.4, 0.5) is 0 Å². The fraction of sp³-hybridized carbons (Fsp3) is 0.545. The predicted octanol–water partition coefficient (Wildman–Crippen LogP) is 2.71. The average molecular weight is 413 g/mol. The Morgan fingerprint density at radius 1 is 1.30 bits per heavy atom. The van der Waals surface area contributed by atoms with E-state index in [-0.39, 0.29) is 17.9 Å². The number of nitrogens with zero attached hydrogens (tertiary/aromatic N) is 3. The first kappa shape index (κ1) is 20.5. The first-order valence-electron chi connectivity index (χ1n) is 10.4. The van der Waals surface area contributed by atoms with Crippen molar-refractivity contribution in [3.05, 3.63) is 35.7 Å². The minimum atomic E-state index is -0.818. The predicted molar refractivity (Wildman–Crippen MR) is 108 cm³/mol. The van der Waals surface area contributed by atoms with Crippen LogP contribution in [0.15, 0.2) is 28.8 Å². The van der Waals surface area contributed by atoms with Crippen molar-refractivity contribution in [3.8, 4) is 11.4 Å². The highest BCUT2D eigenvalue weighted by molar-refractivity contribution is 5.79. The molecular weight excluding hydrogens is 386 g/mol. The number of hydrogen-bond donors (Lipinski definition) is 1. The molecule has 4 rings (SSSR count). The molecule has 1 spiro atoms. The first-order valence-corrected chi connectivity index (χ1v) is 10.4. The molecule has 1 aromatic heterocycles. The summed E-state index contributed by atoms with van der Waals surface area (Å²) in [5.41, 5.74) is 1.67. The van der Waals surface area contributed by atoms with Crippen molar-refractivity contribution in [2.24, 2.45) is 11.3 Å².